The summed E-state index contributed by atoms with van der Waals surface area (Å²) in [6.45, 7) is 7.62. The minimum atomic E-state index is -0.410. The maximum absolute atomic E-state index is 12.3. The summed E-state index contributed by atoms with van der Waals surface area (Å²) in [5, 5.41) is 0. The molecular formula is C19H26N4O2. The van der Waals surface area contributed by atoms with Gasteiger partial charge in [0.05, 0.1) is 18.8 Å². The molecule has 0 radical (unpaired) electrons. The molecule has 0 unspecified atom stereocenters. The van der Waals surface area contributed by atoms with Crippen molar-refractivity contribution in [3.63, 3.8) is 0 Å². The molecule has 2 N–H and O–H groups in total. The van der Waals surface area contributed by atoms with Gasteiger partial charge in [0.2, 0.25) is 11.8 Å². The van der Waals surface area contributed by atoms with Gasteiger partial charge in [0, 0.05) is 31.7 Å². The molecule has 1 aromatic carbocycles. The molecule has 1 aliphatic heterocycles. The van der Waals surface area contributed by atoms with Crippen LogP contribution in [0.4, 0.5) is 0 Å². The van der Waals surface area contributed by atoms with Crippen molar-refractivity contribution in [3.8, 4) is 11.3 Å². The zero-order valence-electron chi connectivity index (χ0n) is 14.9. The molecule has 1 amide bonds. The van der Waals surface area contributed by atoms with Gasteiger partial charge in [-0.25, -0.2) is 4.98 Å². The van der Waals surface area contributed by atoms with Crippen LogP contribution >= 0.6 is 0 Å². The second-order valence-electron chi connectivity index (χ2n) is 6.86. The molecule has 1 aliphatic rings. The van der Waals surface area contributed by atoms with Crippen molar-refractivity contribution in [3.05, 3.63) is 42.4 Å². The number of rotatable bonds is 5. The molecule has 1 fully saturated rings. The Morgan fingerprint density at radius 3 is 2.52 bits per heavy atom. The highest BCUT2D eigenvalue weighted by Gasteiger charge is 2.27. The van der Waals surface area contributed by atoms with Crippen LogP contribution in [0.5, 0.6) is 0 Å². The van der Waals surface area contributed by atoms with E-state index in [1.807, 2.05) is 49.1 Å². The molecule has 3 rings (SSSR count). The zero-order chi connectivity index (χ0) is 17.8. The van der Waals surface area contributed by atoms with E-state index in [0.717, 1.165) is 24.4 Å². The molecule has 1 atom stereocenters. The van der Waals surface area contributed by atoms with Gasteiger partial charge in [-0.2, -0.15) is 0 Å². The SMILES string of the molecule is CC(C)[C@H](N)C(=O)N1CCN(Cc2ncc(-c3ccccc3)o2)CC1. The van der Waals surface area contributed by atoms with Gasteiger partial charge in [0.1, 0.15) is 0 Å². The number of hydrogen-bond donors (Lipinski definition) is 1. The van der Waals surface area contributed by atoms with Crippen molar-refractivity contribution >= 4 is 5.91 Å². The Kier molecular flexibility index (Phi) is 5.50. The largest absolute Gasteiger partial charge is 0.439 e. The number of oxazole rings is 1. The molecular weight excluding hydrogens is 316 g/mol. The van der Waals surface area contributed by atoms with E-state index >= 15 is 0 Å². The first-order valence-corrected chi connectivity index (χ1v) is 8.81. The van der Waals surface area contributed by atoms with Crippen LogP contribution in [0.25, 0.3) is 11.3 Å². The van der Waals surface area contributed by atoms with Crippen LogP contribution in [-0.4, -0.2) is 52.9 Å². The van der Waals surface area contributed by atoms with Gasteiger partial charge in [-0.3, -0.25) is 9.69 Å². The van der Waals surface area contributed by atoms with Gasteiger partial charge in [-0.1, -0.05) is 44.2 Å². The molecule has 134 valence electrons. The molecule has 0 bridgehead atoms. The first kappa shape index (κ1) is 17.6. The maximum atomic E-state index is 12.3. The number of benzene rings is 1. The monoisotopic (exact) mass is 342 g/mol. The molecule has 6 nitrogen and oxygen atoms in total. The van der Waals surface area contributed by atoms with Crippen molar-refractivity contribution in [1.29, 1.82) is 0 Å². The van der Waals surface area contributed by atoms with Crippen LogP contribution in [0.2, 0.25) is 0 Å². The minimum Gasteiger partial charge on any atom is -0.439 e. The normalized spacial score (nSPS) is 17.0. The third-order valence-corrected chi connectivity index (χ3v) is 4.66. The van der Waals surface area contributed by atoms with Gasteiger partial charge in [-0.15, -0.1) is 0 Å². The first-order valence-electron chi connectivity index (χ1n) is 8.81. The van der Waals surface area contributed by atoms with E-state index in [0.29, 0.717) is 25.5 Å². The lowest BCUT2D eigenvalue weighted by atomic mass is 10.0. The summed E-state index contributed by atoms with van der Waals surface area (Å²) in [5.41, 5.74) is 7.00. The molecule has 6 heteroatoms. The van der Waals surface area contributed by atoms with E-state index in [4.69, 9.17) is 10.2 Å². The van der Waals surface area contributed by atoms with Gasteiger partial charge >= 0.3 is 0 Å². The number of amides is 1. The van der Waals surface area contributed by atoms with Crippen molar-refractivity contribution < 1.29 is 9.21 Å². The van der Waals surface area contributed by atoms with E-state index < -0.39 is 6.04 Å². The molecule has 2 aromatic rings. The number of piperazine rings is 1. The maximum Gasteiger partial charge on any atom is 0.239 e. The van der Waals surface area contributed by atoms with Crippen molar-refractivity contribution in [2.75, 3.05) is 26.2 Å². The van der Waals surface area contributed by atoms with Gasteiger partial charge in [0.25, 0.3) is 0 Å². The highest BCUT2D eigenvalue weighted by Crippen LogP contribution is 2.20. The third-order valence-electron chi connectivity index (χ3n) is 4.66. The number of hydrogen-bond acceptors (Lipinski definition) is 5. The Morgan fingerprint density at radius 1 is 1.20 bits per heavy atom. The van der Waals surface area contributed by atoms with E-state index in [-0.39, 0.29) is 11.8 Å². The number of nitrogens with two attached hydrogens (primary N) is 1. The van der Waals surface area contributed by atoms with E-state index in [1.165, 1.54) is 0 Å². The summed E-state index contributed by atoms with van der Waals surface area (Å²) in [4.78, 5) is 20.8. The summed E-state index contributed by atoms with van der Waals surface area (Å²) in [6, 6.07) is 9.55. The van der Waals surface area contributed by atoms with Gasteiger partial charge in [0.15, 0.2) is 5.76 Å². The second kappa shape index (κ2) is 7.80. The average molecular weight is 342 g/mol. The van der Waals surface area contributed by atoms with Crippen LogP contribution in [-0.2, 0) is 11.3 Å². The Balaban J connectivity index is 1.53. The lowest BCUT2D eigenvalue weighted by Crippen LogP contribution is -2.54. The number of carbonyl (C=O) groups is 1. The summed E-state index contributed by atoms with van der Waals surface area (Å²) in [6.07, 6.45) is 1.77. The number of aromatic nitrogens is 1. The average Bonchev–Trinajstić information content (AvgIpc) is 3.10. The van der Waals surface area contributed by atoms with E-state index in [1.54, 1.807) is 6.20 Å². The highest BCUT2D eigenvalue weighted by molar-refractivity contribution is 5.82. The Labute approximate surface area is 148 Å². The van der Waals surface area contributed by atoms with Crippen molar-refractivity contribution in [2.24, 2.45) is 11.7 Å². The van der Waals surface area contributed by atoms with E-state index in [9.17, 15) is 4.79 Å². The van der Waals surface area contributed by atoms with Crippen LogP contribution in [0.3, 0.4) is 0 Å². The lowest BCUT2D eigenvalue weighted by Gasteiger charge is -2.35. The summed E-state index contributed by atoms with van der Waals surface area (Å²) < 4.78 is 5.86. The fraction of sp³-hybridized carbons (Fsp3) is 0.474. The van der Waals surface area contributed by atoms with Gasteiger partial charge in [-0.05, 0) is 5.92 Å². The Hall–Kier alpha value is -2.18. The van der Waals surface area contributed by atoms with Gasteiger partial charge < -0.3 is 15.1 Å². The Morgan fingerprint density at radius 2 is 1.88 bits per heavy atom. The van der Waals surface area contributed by atoms with Crippen LogP contribution in [0, 0.1) is 5.92 Å². The predicted molar refractivity (Wildman–Crippen MR) is 96.6 cm³/mol. The fourth-order valence-electron chi connectivity index (χ4n) is 2.93. The first-order chi connectivity index (χ1) is 12.0. The second-order valence-corrected chi connectivity index (χ2v) is 6.86. The molecule has 0 aliphatic carbocycles. The fourth-order valence-corrected chi connectivity index (χ4v) is 2.93. The summed E-state index contributed by atoms with van der Waals surface area (Å²) in [5.74, 6) is 1.70. The Bertz CT molecular complexity index is 690. The topological polar surface area (TPSA) is 75.6 Å². The zero-order valence-corrected chi connectivity index (χ0v) is 14.9. The predicted octanol–water partition coefficient (Wildman–Crippen LogP) is 1.97. The van der Waals surface area contributed by atoms with Crippen molar-refractivity contribution in [2.45, 2.75) is 26.4 Å². The van der Waals surface area contributed by atoms with E-state index in [2.05, 4.69) is 9.88 Å². The number of nitrogens with zero attached hydrogens (tertiary/aromatic N) is 3. The third kappa shape index (κ3) is 4.27. The standard InChI is InChI=1S/C19H26N4O2/c1-14(2)18(20)19(24)23-10-8-22(9-11-23)13-17-21-12-16(25-17)15-6-4-3-5-7-15/h3-7,12,14,18H,8-11,13,20H2,1-2H3/t18-/m0/s1. The lowest BCUT2D eigenvalue weighted by molar-refractivity contribution is -0.135. The quantitative estimate of drug-likeness (QED) is 0.899. The van der Waals surface area contributed by atoms with Crippen molar-refractivity contribution in [1.82, 2.24) is 14.8 Å². The molecule has 1 saturated heterocycles. The van der Waals surface area contributed by atoms with Crippen LogP contribution in [0.15, 0.2) is 40.9 Å². The highest BCUT2D eigenvalue weighted by atomic mass is 16.4. The molecule has 25 heavy (non-hydrogen) atoms. The molecule has 2 heterocycles. The summed E-state index contributed by atoms with van der Waals surface area (Å²) >= 11 is 0. The molecule has 0 saturated carbocycles. The molecule has 0 spiro atoms. The van der Waals surface area contributed by atoms with Crippen LogP contribution < -0.4 is 5.73 Å². The van der Waals surface area contributed by atoms with Crippen LogP contribution in [0.1, 0.15) is 19.7 Å². The minimum absolute atomic E-state index is 0.0529. The smallest absolute Gasteiger partial charge is 0.239 e. The molecule has 1 aromatic heterocycles. The number of carbonyl (C=O) groups excluding carboxylic acids is 1. The summed E-state index contributed by atoms with van der Waals surface area (Å²) in [7, 11) is 0.